The minimum atomic E-state index is 0.688. The van der Waals surface area contributed by atoms with Crippen LogP contribution in [-0.2, 0) is 0 Å². The molecule has 1 heteroatoms. The maximum absolute atomic E-state index is 3.83. The molecule has 1 aliphatic rings. The van der Waals surface area contributed by atoms with Crippen LogP contribution in [0, 0.1) is 0 Å². The lowest BCUT2D eigenvalue weighted by Gasteiger charge is -2.16. The molecular weight excluding hydrogens is 182 g/mol. The fourth-order valence-electron chi connectivity index (χ4n) is 2.51. The molecule has 1 saturated heterocycles. The molecule has 0 spiro atoms. The van der Waals surface area contributed by atoms with E-state index in [0.717, 1.165) is 6.42 Å². The number of hydrogen-bond donors (Lipinski definition) is 0. The van der Waals surface area contributed by atoms with Crippen molar-refractivity contribution in [1.82, 2.24) is 4.90 Å². The van der Waals surface area contributed by atoms with Crippen molar-refractivity contribution in [2.24, 2.45) is 0 Å². The van der Waals surface area contributed by atoms with Gasteiger partial charge in [-0.15, -0.1) is 6.58 Å². The number of nitrogens with zero attached hydrogens (tertiary/aromatic N) is 1. The fourth-order valence-corrected chi connectivity index (χ4v) is 2.51. The van der Waals surface area contributed by atoms with Crippen LogP contribution in [0.1, 0.15) is 24.3 Å². The van der Waals surface area contributed by atoms with Gasteiger partial charge < -0.3 is 4.90 Å². The Kier molecular flexibility index (Phi) is 3.22. The highest BCUT2D eigenvalue weighted by Gasteiger charge is 2.28. The van der Waals surface area contributed by atoms with Crippen molar-refractivity contribution >= 4 is 0 Å². The molecule has 1 heterocycles. The van der Waals surface area contributed by atoms with E-state index in [4.69, 9.17) is 0 Å². The van der Waals surface area contributed by atoms with Gasteiger partial charge in [0.25, 0.3) is 0 Å². The highest BCUT2D eigenvalue weighted by molar-refractivity contribution is 5.21. The van der Waals surface area contributed by atoms with E-state index in [1.165, 1.54) is 18.5 Å². The highest BCUT2D eigenvalue weighted by atomic mass is 15.2. The van der Waals surface area contributed by atoms with Crippen molar-refractivity contribution in [3.05, 3.63) is 48.6 Å². The van der Waals surface area contributed by atoms with Gasteiger partial charge in [0, 0.05) is 12.6 Å². The number of hydrogen-bond acceptors (Lipinski definition) is 1. The van der Waals surface area contributed by atoms with Crippen LogP contribution in [0.5, 0.6) is 0 Å². The second-order valence-electron chi connectivity index (χ2n) is 4.46. The van der Waals surface area contributed by atoms with Gasteiger partial charge in [0.1, 0.15) is 0 Å². The van der Waals surface area contributed by atoms with E-state index < -0.39 is 0 Å². The summed E-state index contributed by atoms with van der Waals surface area (Å²) in [6.07, 6.45) is 4.42. The van der Waals surface area contributed by atoms with Crippen molar-refractivity contribution < 1.29 is 0 Å². The summed E-state index contributed by atoms with van der Waals surface area (Å²) in [6, 6.07) is 11.5. The molecule has 1 nitrogen and oxygen atoms in total. The predicted octanol–water partition coefficient (Wildman–Crippen LogP) is 3.05. The Balaban J connectivity index is 2.06. The summed E-state index contributed by atoms with van der Waals surface area (Å²) in [7, 11) is 2.22. The normalized spacial score (nSPS) is 26.7. The minimum absolute atomic E-state index is 0.688. The van der Waals surface area contributed by atoms with Crippen LogP contribution in [0.15, 0.2) is 43.0 Å². The summed E-state index contributed by atoms with van der Waals surface area (Å²) in [6.45, 7) is 5.01. The van der Waals surface area contributed by atoms with E-state index in [1.54, 1.807) is 0 Å². The second-order valence-corrected chi connectivity index (χ2v) is 4.46. The molecule has 2 rings (SSSR count). The van der Waals surface area contributed by atoms with Gasteiger partial charge in [0.05, 0.1) is 0 Å². The van der Waals surface area contributed by atoms with Crippen LogP contribution >= 0.6 is 0 Å². The second kappa shape index (κ2) is 4.63. The van der Waals surface area contributed by atoms with E-state index >= 15 is 0 Å². The summed E-state index contributed by atoms with van der Waals surface area (Å²) < 4.78 is 0. The number of rotatable bonds is 3. The molecular formula is C14H19N. The maximum Gasteiger partial charge on any atom is 0.0133 e. The molecule has 2 atom stereocenters. The first-order valence-electron chi connectivity index (χ1n) is 5.67. The summed E-state index contributed by atoms with van der Waals surface area (Å²) in [4.78, 5) is 2.46. The zero-order valence-corrected chi connectivity index (χ0v) is 9.39. The van der Waals surface area contributed by atoms with Crippen molar-refractivity contribution in [1.29, 1.82) is 0 Å². The molecule has 0 aliphatic carbocycles. The molecule has 0 amide bonds. The molecule has 1 fully saturated rings. The summed E-state index contributed by atoms with van der Waals surface area (Å²) in [5.74, 6) is 0.709. The van der Waals surface area contributed by atoms with Crippen molar-refractivity contribution in [3.63, 3.8) is 0 Å². The van der Waals surface area contributed by atoms with E-state index in [-0.39, 0.29) is 0 Å². The molecule has 0 unspecified atom stereocenters. The molecule has 0 radical (unpaired) electrons. The SMILES string of the molecule is C=CC[C@@H]1C[C@@H](c2ccccc2)CN1C. The zero-order valence-electron chi connectivity index (χ0n) is 9.39. The Morgan fingerprint density at radius 2 is 2.13 bits per heavy atom. The van der Waals surface area contributed by atoms with Gasteiger partial charge in [-0.1, -0.05) is 36.4 Å². The quantitative estimate of drug-likeness (QED) is 0.679. The lowest BCUT2D eigenvalue weighted by molar-refractivity contribution is 0.312. The van der Waals surface area contributed by atoms with E-state index in [0.29, 0.717) is 12.0 Å². The monoisotopic (exact) mass is 201 g/mol. The third-order valence-electron chi connectivity index (χ3n) is 3.40. The maximum atomic E-state index is 3.83. The first-order chi connectivity index (χ1) is 7.31. The summed E-state index contributed by atoms with van der Waals surface area (Å²) in [5, 5.41) is 0. The third kappa shape index (κ3) is 2.29. The third-order valence-corrected chi connectivity index (χ3v) is 3.40. The van der Waals surface area contributed by atoms with Crippen LogP contribution in [0.4, 0.5) is 0 Å². The lowest BCUT2D eigenvalue weighted by atomic mass is 9.96. The van der Waals surface area contributed by atoms with Gasteiger partial charge in [-0.25, -0.2) is 0 Å². The Morgan fingerprint density at radius 1 is 1.40 bits per heavy atom. The first-order valence-corrected chi connectivity index (χ1v) is 5.67. The van der Waals surface area contributed by atoms with Crippen LogP contribution in [0.25, 0.3) is 0 Å². The molecule has 0 aromatic heterocycles. The lowest BCUT2D eigenvalue weighted by Crippen LogP contribution is -2.23. The van der Waals surface area contributed by atoms with E-state index in [2.05, 4.69) is 48.9 Å². The fraction of sp³-hybridized carbons (Fsp3) is 0.429. The van der Waals surface area contributed by atoms with Crippen molar-refractivity contribution in [2.45, 2.75) is 24.8 Å². The number of likely N-dealkylation sites (tertiary alicyclic amines) is 1. The van der Waals surface area contributed by atoms with Crippen LogP contribution < -0.4 is 0 Å². The van der Waals surface area contributed by atoms with E-state index in [9.17, 15) is 0 Å². The topological polar surface area (TPSA) is 3.24 Å². The molecule has 80 valence electrons. The Bertz CT molecular complexity index is 317. The average molecular weight is 201 g/mol. The number of likely N-dealkylation sites (N-methyl/N-ethyl adjacent to an activating group) is 1. The molecule has 1 aromatic rings. The smallest absolute Gasteiger partial charge is 0.0133 e. The number of benzene rings is 1. The van der Waals surface area contributed by atoms with Gasteiger partial charge in [0.2, 0.25) is 0 Å². The largest absolute Gasteiger partial charge is 0.302 e. The van der Waals surface area contributed by atoms with Crippen molar-refractivity contribution in [2.75, 3.05) is 13.6 Å². The van der Waals surface area contributed by atoms with Crippen LogP contribution in [-0.4, -0.2) is 24.5 Å². The van der Waals surface area contributed by atoms with Crippen molar-refractivity contribution in [3.8, 4) is 0 Å². The zero-order chi connectivity index (χ0) is 10.7. The molecule has 0 saturated carbocycles. The van der Waals surface area contributed by atoms with Gasteiger partial charge in [0.15, 0.2) is 0 Å². The molecule has 0 N–H and O–H groups in total. The highest BCUT2D eigenvalue weighted by Crippen LogP contribution is 2.31. The first kappa shape index (κ1) is 10.4. The molecule has 15 heavy (non-hydrogen) atoms. The Labute approximate surface area is 92.4 Å². The van der Waals surface area contributed by atoms with Gasteiger partial charge in [-0.2, -0.15) is 0 Å². The Morgan fingerprint density at radius 3 is 2.80 bits per heavy atom. The summed E-state index contributed by atoms with van der Waals surface area (Å²) in [5.41, 5.74) is 1.48. The molecule has 1 aliphatic heterocycles. The van der Waals surface area contributed by atoms with Gasteiger partial charge in [-0.3, -0.25) is 0 Å². The van der Waals surface area contributed by atoms with Gasteiger partial charge >= 0.3 is 0 Å². The van der Waals surface area contributed by atoms with Gasteiger partial charge in [-0.05, 0) is 31.4 Å². The molecule has 0 bridgehead atoms. The average Bonchev–Trinajstić information content (AvgIpc) is 2.63. The Hall–Kier alpha value is -1.08. The van der Waals surface area contributed by atoms with Crippen LogP contribution in [0.3, 0.4) is 0 Å². The predicted molar refractivity (Wildman–Crippen MR) is 65.0 cm³/mol. The van der Waals surface area contributed by atoms with Crippen LogP contribution in [0.2, 0.25) is 0 Å². The minimum Gasteiger partial charge on any atom is -0.302 e. The van der Waals surface area contributed by atoms with E-state index in [1.807, 2.05) is 6.08 Å². The standard InChI is InChI=1S/C14H19N/c1-3-7-14-10-13(11-15(14)2)12-8-5-4-6-9-12/h3-6,8-9,13-14H,1,7,10-11H2,2H3/t13-,14-/m1/s1. The molecule has 1 aromatic carbocycles. The summed E-state index contributed by atoms with van der Waals surface area (Å²) >= 11 is 0.